The lowest BCUT2D eigenvalue weighted by molar-refractivity contribution is 0.331. The van der Waals surface area contributed by atoms with Gasteiger partial charge in [0.2, 0.25) is 10.0 Å². The molecule has 0 aliphatic rings. The highest BCUT2D eigenvalue weighted by atomic mass is 32.2. The predicted octanol–water partition coefficient (Wildman–Crippen LogP) is 1.42. The minimum atomic E-state index is -3.80. The van der Waals surface area contributed by atoms with E-state index in [-0.39, 0.29) is 29.3 Å². The number of nitrogens with zero attached hydrogens (tertiary/aromatic N) is 4. The van der Waals surface area contributed by atoms with Crippen LogP contribution in [-0.2, 0) is 16.6 Å². The van der Waals surface area contributed by atoms with Crippen molar-refractivity contribution in [3.05, 3.63) is 64.2 Å². The molecule has 3 aromatic rings. The Morgan fingerprint density at radius 3 is 2.55 bits per heavy atom. The predicted molar refractivity (Wildman–Crippen MR) is 108 cm³/mol. The number of aromatic nitrogens is 4. The number of rotatable bonds is 8. The molecule has 9 nitrogen and oxygen atoms in total. The molecule has 0 spiro atoms. The summed E-state index contributed by atoms with van der Waals surface area (Å²) in [5.41, 5.74) is 1.39. The molecule has 10 heteroatoms. The largest absolute Gasteiger partial charge is 0.492 e. The second-order valence-corrected chi connectivity index (χ2v) is 8.10. The maximum atomic E-state index is 12.6. The number of aryl methyl sites for hydroxylation is 2. The maximum absolute atomic E-state index is 12.6. The van der Waals surface area contributed by atoms with Crippen LogP contribution in [0.4, 0.5) is 0 Å². The number of ether oxygens (including phenoxy) is 1. The number of nitrogens with one attached hydrogen (secondary N) is 1. The maximum Gasteiger partial charge on any atom is 0.266 e. The molecule has 29 heavy (non-hydrogen) atoms. The summed E-state index contributed by atoms with van der Waals surface area (Å²) in [7, 11) is -3.80. The highest BCUT2D eigenvalue weighted by Crippen LogP contribution is 2.22. The summed E-state index contributed by atoms with van der Waals surface area (Å²) in [5.74, 6) is 0.768. The van der Waals surface area contributed by atoms with E-state index in [0.717, 1.165) is 11.4 Å². The smallest absolute Gasteiger partial charge is 0.266 e. The van der Waals surface area contributed by atoms with Gasteiger partial charge < -0.3 is 4.74 Å². The summed E-state index contributed by atoms with van der Waals surface area (Å²) in [6.07, 6.45) is 0. The Bertz CT molecular complexity index is 1170. The van der Waals surface area contributed by atoms with Crippen molar-refractivity contribution in [3.63, 3.8) is 0 Å². The molecule has 2 heterocycles. The van der Waals surface area contributed by atoms with Crippen molar-refractivity contribution >= 4 is 10.0 Å². The molecule has 154 valence electrons. The van der Waals surface area contributed by atoms with Crippen molar-refractivity contribution in [2.75, 3.05) is 13.2 Å². The van der Waals surface area contributed by atoms with Crippen LogP contribution in [0.5, 0.6) is 5.75 Å². The summed E-state index contributed by atoms with van der Waals surface area (Å²) in [6.45, 7) is 5.96. The third kappa shape index (κ3) is 4.72. The van der Waals surface area contributed by atoms with E-state index in [1.807, 2.05) is 19.9 Å². The Hall–Kier alpha value is -2.98. The van der Waals surface area contributed by atoms with Gasteiger partial charge in [0, 0.05) is 18.3 Å². The van der Waals surface area contributed by atoms with Gasteiger partial charge >= 0.3 is 0 Å². The van der Waals surface area contributed by atoms with E-state index in [4.69, 9.17) is 4.74 Å². The van der Waals surface area contributed by atoms with E-state index in [2.05, 4.69) is 14.9 Å². The van der Waals surface area contributed by atoms with Crippen LogP contribution in [0.3, 0.4) is 0 Å². The first-order valence-corrected chi connectivity index (χ1v) is 10.6. The Labute approximate surface area is 169 Å². The van der Waals surface area contributed by atoms with Gasteiger partial charge in [-0.2, -0.15) is 5.10 Å². The van der Waals surface area contributed by atoms with Crippen LogP contribution in [0.1, 0.15) is 18.3 Å². The molecule has 0 amide bonds. The SMILES string of the molecule is CCOc1ccccc1S(=O)(=O)NCCn1nc(-n2nc(C)cc2C)ccc1=O. The van der Waals surface area contributed by atoms with Crippen LogP contribution in [-0.4, -0.2) is 41.1 Å². The summed E-state index contributed by atoms with van der Waals surface area (Å²) in [6, 6.07) is 11.3. The zero-order valence-electron chi connectivity index (χ0n) is 16.5. The number of sulfonamides is 1. The van der Waals surface area contributed by atoms with E-state index < -0.39 is 10.0 Å². The lowest BCUT2D eigenvalue weighted by Crippen LogP contribution is -2.32. The first-order chi connectivity index (χ1) is 13.8. The summed E-state index contributed by atoms with van der Waals surface area (Å²) < 4.78 is 36.0. The van der Waals surface area contributed by atoms with E-state index in [0.29, 0.717) is 12.4 Å². The molecule has 0 unspecified atom stereocenters. The summed E-state index contributed by atoms with van der Waals surface area (Å²) in [5, 5.41) is 8.65. The van der Waals surface area contributed by atoms with E-state index in [1.54, 1.807) is 35.9 Å². The number of benzene rings is 1. The first-order valence-electron chi connectivity index (χ1n) is 9.15. The van der Waals surface area contributed by atoms with Crippen LogP contribution in [0.15, 0.2) is 52.2 Å². The van der Waals surface area contributed by atoms with Gasteiger partial charge in [-0.3, -0.25) is 4.79 Å². The molecule has 0 fully saturated rings. The standard InChI is InChI=1S/C19H23N5O4S/c1-4-28-16-7-5-6-8-17(16)29(26,27)20-11-12-23-19(25)10-9-18(22-23)24-15(3)13-14(2)21-24/h5-10,13,20H,4,11-12H2,1-3H3. The third-order valence-corrected chi connectivity index (χ3v) is 5.63. The molecule has 0 aliphatic carbocycles. The molecule has 0 atom stereocenters. The zero-order chi connectivity index (χ0) is 21.0. The van der Waals surface area contributed by atoms with Gasteiger partial charge in [-0.25, -0.2) is 22.5 Å². The van der Waals surface area contributed by atoms with Crippen LogP contribution in [0, 0.1) is 13.8 Å². The fraction of sp³-hybridized carbons (Fsp3) is 0.316. The molecular weight excluding hydrogens is 394 g/mol. The normalized spacial score (nSPS) is 11.6. The summed E-state index contributed by atoms with van der Waals surface area (Å²) >= 11 is 0. The van der Waals surface area contributed by atoms with E-state index >= 15 is 0 Å². The molecule has 1 aromatic carbocycles. The van der Waals surface area contributed by atoms with Crippen LogP contribution >= 0.6 is 0 Å². The Morgan fingerprint density at radius 1 is 1.10 bits per heavy atom. The van der Waals surface area contributed by atoms with Crippen molar-refractivity contribution in [2.45, 2.75) is 32.2 Å². The first kappa shape index (κ1) is 20.7. The molecule has 0 bridgehead atoms. The van der Waals surface area contributed by atoms with Gasteiger partial charge in [0.15, 0.2) is 5.82 Å². The molecule has 0 saturated carbocycles. The van der Waals surface area contributed by atoms with Gasteiger partial charge in [-0.15, -0.1) is 5.10 Å². The molecule has 2 aromatic heterocycles. The average molecular weight is 417 g/mol. The van der Waals surface area contributed by atoms with Crippen LogP contribution in [0.25, 0.3) is 5.82 Å². The fourth-order valence-corrected chi connectivity index (χ4v) is 4.05. The topological polar surface area (TPSA) is 108 Å². The number of para-hydroxylation sites is 1. The second-order valence-electron chi connectivity index (χ2n) is 6.37. The van der Waals surface area contributed by atoms with Crippen molar-refractivity contribution in [1.82, 2.24) is 24.3 Å². The Morgan fingerprint density at radius 2 is 1.86 bits per heavy atom. The Balaban J connectivity index is 1.76. The van der Waals surface area contributed by atoms with Gasteiger partial charge in [0.1, 0.15) is 10.6 Å². The van der Waals surface area contributed by atoms with Crippen molar-refractivity contribution in [2.24, 2.45) is 0 Å². The van der Waals surface area contributed by atoms with Crippen LogP contribution < -0.4 is 15.0 Å². The van der Waals surface area contributed by atoms with Gasteiger partial charge in [-0.1, -0.05) is 12.1 Å². The molecule has 0 aliphatic heterocycles. The molecule has 1 N–H and O–H groups in total. The zero-order valence-corrected chi connectivity index (χ0v) is 17.3. The van der Waals surface area contributed by atoms with Gasteiger partial charge in [-0.05, 0) is 45.0 Å². The quantitative estimate of drug-likeness (QED) is 0.594. The monoisotopic (exact) mass is 417 g/mol. The van der Waals surface area contributed by atoms with Crippen molar-refractivity contribution in [3.8, 4) is 11.6 Å². The highest BCUT2D eigenvalue weighted by molar-refractivity contribution is 7.89. The van der Waals surface area contributed by atoms with Crippen molar-refractivity contribution in [1.29, 1.82) is 0 Å². The minimum absolute atomic E-state index is 0.00370. The lowest BCUT2D eigenvalue weighted by atomic mass is 10.3. The lowest BCUT2D eigenvalue weighted by Gasteiger charge is -2.12. The van der Waals surface area contributed by atoms with E-state index in [9.17, 15) is 13.2 Å². The van der Waals surface area contributed by atoms with E-state index in [1.165, 1.54) is 16.8 Å². The van der Waals surface area contributed by atoms with Crippen LogP contribution in [0.2, 0.25) is 0 Å². The van der Waals surface area contributed by atoms with Gasteiger partial charge in [0.25, 0.3) is 5.56 Å². The number of hydrogen-bond acceptors (Lipinski definition) is 6. The molecular formula is C19H23N5O4S. The highest BCUT2D eigenvalue weighted by Gasteiger charge is 2.19. The average Bonchev–Trinajstić information content (AvgIpc) is 3.02. The minimum Gasteiger partial charge on any atom is -0.492 e. The Kier molecular flexibility index (Phi) is 6.14. The third-order valence-electron chi connectivity index (χ3n) is 4.13. The fourth-order valence-electron chi connectivity index (χ4n) is 2.88. The molecule has 0 saturated heterocycles. The molecule has 3 rings (SSSR count). The van der Waals surface area contributed by atoms with Crippen molar-refractivity contribution < 1.29 is 13.2 Å². The van der Waals surface area contributed by atoms with Gasteiger partial charge in [0.05, 0.1) is 18.8 Å². The number of hydrogen-bond donors (Lipinski definition) is 1. The summed E-state index contributed by atoms with van der Waals surface area (Å²) in [4.78, 5) is 12.2. The molecule has 0 radical (unpaired) electrons. The second kappa shape index (κ2) is 8.58.